The maximum Gasteiger partial charge on any atom is 0.417 e. The van der Waals surface area contributed by atoms with Crippen LogP contribution in [0.15, 0.2) is 30.9 Å². The van der Waals surface area contributed by atoms with Crippen LogP contribution in [0.3, 0.4) is 0 Å². The van der Waals surface area contributed by atoms with Crippen LogP contribution in [-0.4, -0.2) is 0 Å². The summed E-state index contributed by atoms with van der Waals surface area (Å²) in [6.07, 6.45) is -3.10. The van der Waals surface area contributed by atoms with Gasteiger partial charge in [0.25, 0.3) is 0 Å². The van der Waals surface area contributed by atoms with E-state index < -0.39 is 17.8 Å². The largest absolute Gasteiger partial charge is 0.417 e. The Morgan fingerprint density at radius 3 is 2.38 bits per heavy atom. The van der Waals surface area contributed by atoms with Gasteiger partial charge in [-0.2, -0.15) is 13.2 Å². The summed E-state index contributed by atoms with van der Waals surface area (Å²) in [4.78, 5) is 0. The van der Waals surface area contributed by atoms with Crippen LogP contribution in [0.5, 0.6) is 0 Å². The molecule has 0 saturated heterocycles. The fourth-order valence-corrected chi connectivity index (χ4v) is 1.33. The maximum atomic E-state index is 12.4. The molecule has 2 N–H and O–H groups in total. The molecule has 1 aromatic rings. The molecule has 0 unspecified atom stereocenters. The lowest BCUT2D eigenvalue weighted by molar-refractivity contribution is -0.137. The predicted molar refractivity (Wildman–Crippen MR) is 60.8 cm³/mol. The van der Waals surface area contributed by atoms with Crippen molar-refractivity contribution < 1.29 is 13.2 Å². The van der Waals surface area contributed by atoms with Crippen molar-refractivity contribution >= 4 is 24.0 Å². The van der Waals surface area contributed by atoms with Gasteiger partial charge in [0.05, 0.1) is 10.6 Å². The number of hydrogen-bond donors (Lipinski definition) is 1. The summed E-state index contributed by atoms with van der Waals surface area (Å²) in [5.41, 5.74) is 4.99. The average Bonchev–Trinajstić information content (AvgIpc) is 2.15. The van der Waals surface area contributed by atoms with Crippen LogP contribution in [0, 0.1) is 0 Å². The van der Waals surface area contributed by atoms with Crippen molar-refractivity contribution in [3.05, 3.63) is 47.0 Å². The van der Waals surface area contributed by atoms with Gasteiger partial charge in [-0.3, -0.25) is 0 Å². The summed E-state index contributed by atoms with van der Waals surface area (Å²) >= 11 is 5.44. The van der Waals surface area contributed by atoms with E-state index in [1.54, 1.807) is 0 Å². The number of alkyl halides is 3. The molecule has 16 heavy (non-hydrogen) atoms. The van der Waals surface area contributed by atoms with E-state index in [0.717, 1.165) is 6.07 Å². The van der Waals surface area contributed by atoms with E-state index in [1.165, 1.54) is 18.2 Å². The quantitative estimate of drug-likeness (QED) is 0.810. The van der Waals surface area contributed by atoms with E-state index in [4.69, 9.17) is 17.3 Å². The SMILES string of the molecule is C=C[C@H](N)c1ccc(Cl)c(C(F)(F)F)c1.Cl. The number of hydrogen-bond acceptors (Lipinski definition) is 1. The first-order valence-electron chi connectivity index (χ1n) is 4.11. The van der Waals surface area contributed by atoms with Crippen molar-refractivity contribution in [2.45, 2.75) is 12.2 Å². The van der Waals surface area contributed by atoms with Gasteiger partial charge in [-0.05, 0) is 17.7 Å². The van der Waals surface area contributed by atoms with Crippen LogP contribution < -0.4 is 5.73 Å². The lowest BCUT2D eigenvalue weighted by Crippen LogP contribution is -2.11. The fourth-order valence-electron chi connectivity index (χ4n) is 1.10. The molecule has 1 nitrogen and oxygen atoms in total. The van der Waals surface area contributed by atoms with Gasteiger partial charge in [-0.25, -0.2) is 0 Å². The Balaban J connectivity index is 0.00000225. The number of nitrogens with two attached hydrogens (primary N) is 1. The highest BCUT2D eigenvalue weighted by molar-refractivity contribution is 6.31. The molecule has 90 valence electrons. The topological polar surface area (TPSA) is 26.0 Å². The van der Waals surface area contributed by atoms with Crippen LogP contribution in [0.2, 0.25) is 5.02 Å². The third-order valence-electron chi connectivity index (χ3n) is 1.93. The van der Waals surface area contributed by atoms with Gasteiger partial charge in [0.15, 0.2) is 0 Å². The van der Waals surface area contributed by atoms with Crippen molar-refractivity contribution in [3.8, 4) is 0 Å². The number of halogens is 5. The summed E-state index contributed by atoms with van der Waals surface area (Å²) in [6, 6.07) is 2.95. The van der Waals surface area contributed by atoms with Crippen molar-refractivity contribution in [3.63, 3.8) is 0 Å². The standard InChI is InChI=1S/C10H9ClF3N.ClH/c1-2-9(15)6-3-4-8(11)7(5-6)10(12,13)14;/h2-5,9H,1,15H2;1H/t9-;/m0./s1. The van der Waals surface area contributed by atoms with Crippen molar-refractivity contribution in [2.24, 2.45) is 5.73 Å². The van der Waals surface area contributed by atoms with Crippen LogP contribution in [0.4, 0.5) is 13.2 Å². The minimum Gasteiger partial charge on any atom is -0.321 e. The first-order valence-corrected chi connectivity index (χ1v) is 4.49. The third-order valence-corrected chi connectivity index (χ3v) is 2.26. The Kier molecular flexibility index (Phi) is 5.32. The zero-order chi connectivity index (χ0) is 11.6. The van der Waals surface area contributed by atoms with Crippen molar-refractivity contribution in [1.29, 1.82) is 0 Å². The van der Waals surface area contributed by atoms with Gasteiger partial charge in [0.2, 0.25) is 0 Å². The van der Waals surface area contributed by atoms with E-state index >= 15 is 0 Å². The highest BCUT2D eigenvalue weighted by atomic mass is 35.5. The van der Waals surface area contributed by atoms with Gasteiger partial charge in [0, 0.05) is 6.04 Å². The van der Waals surface area contributed by atoms with Crippen molar-refractivity contribution in [2.75, 3.05) is 0 Å². The lowest BCUT2D eigenvalue weighted by atomic mass is 10.0. The van der Waals surface area contributed by atoms with Crippen LogP contribution in [0.25, 0.3) is 0 Å². The van der Waals surface area contributed by atoms with Gasteiger partial charge < -0.3 is 5.73 Å². The maximum absolute atomic E-state index is 12.4. The van der Waals surface area contributed by atoms with E-state index in [-0.39, 0.29) is 17.4 Å². The van der Waals surface area contributed by atoms with Gasteiger partial charge in [-0.15, -0.1) is 19.0 Å². The molecule has 1 aromatic carbocycles. The minimum atomic E-state index is -4.46. The second-order valence-corrected chi connectivity index (χ2v) is 3.41. The molecule has 0 aliphatic heterocycles. The highest BCUT2D eigenvalue weighted by Gasteiger charge is 2.33. The monoisotopic (exact) mass is 271 g/mol. The Bertz CT molecular complexity index is 377. The van der Waals surface area contributed by atoms with E-state index in [0.29, 0.717) is 5.56 Å². The second-order valence-electron chi connectivity index (χ2n) is 3.00. The number of benzene rings is 1. The highest BCUT2D eigenvalue weighted by Crippen LogP contribution is 2.35. The van der Waals surface area contributed by atoms with Crippen LogP contribution in [-0.2, 0) is 6.18 Å². The summed E-state index contributed by atoms with van der Waals surface area (Å²) in [7, 11) is 0. The first-order chi connectivity index (χ1) is 6.86. The van der Waals surface area contributed by atoms with Crippen LogP contribution >= 0.6 is 24.0 Å². The molecule has 6 heteroatoms. The van der Waals surface area contributed by atoms with E-state index in [2.05, 4.69) is 6.58 Å². The molecule has 1 atom stereocenters. The fraction of sp³-hybridized carbons (Fsp3) is 0.200. The zero-order valence-electron chi connectivity index (χ0n) is 8.09. The smallest absolute Gasteiger partial charge is 0.321 e. The van der Waals surface area contributed by atoms with E-state index in [1.807, 2.05) is 0 Å². The first kappa shape index (κ1) is 15.3. The van der Waals surface area contributed by atoms with Gasteiger partial charge >= 0.3 is 6.18 Å². The molecule has 0 spiro atoms. The minimum absolute atomic E-state index is 0. The lowest BCUT2D eigenvalue weighted by Gasteiger charge is -2.12. The molecular formula is C10H10Cl2F3N. The number of rotatable bonds is 2. The molecule has 1 rings (SSSR count). The van der Waals surface area contributed by atoms with Crippen LogP contribution in [0.1, 0.15) is 17.2 Å². The zero-order valence-corrected chi connectivity index (χ0v) is 9.66. The Labute approximate surface area is 102 Å². The Morgan fingerprint density at radius 2 is 1.94 bits per heavy atom. The normalized spacial score (nSPS) is 12.8. The molecule has 0 amide bonds. The molecular weight excluding hydrogens is 262 g/mol. The van der Waals surface area contributed by atoms with E-state index in [9.17, 15) is 13.2 Å². The molecule has 0 aliphatic rings. The van der Waals surface area contributed by atoms with Gasteiger partial charge in [-0.1, -0.05) is 23.7 Å². The summed E-state index contributed by atoms with van der Waals surface area (Å²) < 4.78 is 37.3. The molecule has 0 saturated carbocycles. The molecule has 0 aliphatic carbocycles. The third kappa shape index (κ3) is 3.40. The second kappa shape index (κ2) is 5.57. The molecule has 0 radical (unpaired) electrons. The van der Waals surface area contributed by atoms with Crippen molar-refractivity contribution in [1.82, 2.24) is 0 Å². The Hall–Kier alpha value is -0.710. The molecule has 0 heterocycles. The average molecular weight is 272 g/mol. The summed E-state index contributed by atoms with van der Waals surface area (Å²) in [5.74, 6) is 0. The molecule has 0 fully saturated rings. The molecule has 0 bridgehead atoms. The predicted octanol–water partition coefficient (Wildman–Crippen LogP) is 3.97. The summed E-state index contributed by atoms with van der Waals surface area (Å²) in [5, 5.41) is -0.331. The molecule has 0 aromatic heterocycles. The van der Waals surface area contributed by atoms with Gasteiger partial charge in [0.1, 0.15) is 0 Å². The summed E-state index contributed by atoms with van der Waals surface area (Å²) in [6.45, 7) is 3.41. The Morgan fingerprint density at radius 1 is 1.38 bits per heavy atom.